The van der Waals surface area contributed by atoms with Gasteiger partial charge in [0, 0.05) is 11.9 Å². The van der Waals surface area contributed by atoms with Gasteiger partial charge in [-0.05, 0) is 36.8 Å². The van der Waals surface area contributed by atoms with Crippen molar-refractivity contribution in [1.82, 2.24) is 0 Å². The zero-order valence-corrected chi connectivity index (χ0v) is 14.8. The topological polar surface area (TPSA) is 89.5 Å². The smallest absolute Gasteiger partial charge is 0.338 e. The van der Waals surface area contributed by atoms with Gasteiger partial charge in [0.2, 0.25) is 0 Å². The maximum atomic E-state index is 12.0. The highest BCUT2D eigenvalue weighted by molar-refractivity contribution is 7.89. The number of amides is 1. The van der Waals surface area contributed by atoms with Crippen molar-refractivity contribution in [2.45, 2.75) is 12.7 Å². The van der Waals surface area contributed by atoms with E-state index in [-0.39, 0.29) is 11.3 Å². The molecule has 0 aliphatic heterocycles. The molecule has 0 fully saturated rings. The van der Waals surface area contributed by atoms with Crippen LogP contribution >= 0.6 is 0 Å². The van der Waals surface area contributed by atoms with Crippen molar-refractivity contribution in [2.75, 3.05) is 18.2 Å². The fourth-order valence-corrected chi connectivity index (χ4v) is 2.92. The van der Waals surface area contributed by atoms with E-state index in [1.807, 2.05) is 19.1 Å². The molecular weight excluding hydrogens is 342 g/mol. The van der Waals surface area contributed by atoms with E-state index < -0.39 is 28.3 Å². The van der Waals surface area contributed by atoms with Gasteiger partial charge in [0.15, 0.2) is 16.4 Å². The lowest BCUT2D eigenvalue weighted by Gasteiger charge is -2.08. The van der Waals surface area contributed by atoms with E-state index in [2.05, 4.69) is 5.32 Å². The first-order valence-corrected chi connectivity index (χ1v) is 9.59. The number of carbonyl (C=O) groups excluding carboxylic acids is 2. The number of anilines is 1. The molecule has 0 aliphatic rings. The number of benzene rings is 2. The molecule has 7 heteroatoms. The number of sulfone groups is 1. The van der Waals surface area contributed by atoms with E-state index in [0.29, 0.717) is 11.3 Å². The molecule has 0 radical (unpaired) electrons. The van der Waals surface area contributed by atoms with Gasteiger partial charge in [0.1, 0.15) is 0 Å². The van der Waals surface area contributed by atoms with Crippen LogP contribution in [-0.2, 0) is 25.1 Å². The Kier molecular flexibility index (Phi) is 5.93. The van der Waals surface area contributed by atoms with Crippen LogP contribution in [0, 0.1) is 6.92 Å². The fraction of sp³-hybridized carbons (Fsp3) is 0.222. The first kappa shape index (κ1) is 18.7. The third-order valence-electron chi connectivity index (χ3n) is 3.26. The fourth-order valence-electron chi connectivity index (χ4n) is 2.14. The van der Waals surface area contributed by atoms with Crippen molar-refractivity contribution in [3.63, 3.8) is 0 Å². The molecule has 6 nitrogen and oxygen atoms in total. The van der Waals surface area contributed by atoms with E-state index in [1.54, 1.807) is 24.3 Å². The van der Waals surface area contributed by atoms with Crippen LogP contribution in [0.5, 0.6) is 0 Å². The lowest BCUT2D eigenvalue weighted by atomic mass is 10.1. The van der Waals surface area contributed by atoms with Gasteiger partial charge in [0.05, 0.1) is 11.3 Å². The minimum absolute atomic E-state index is 0.165. The summed E-state index contributed by atoms with van der Waals surface area (Å²) in [7, 11) is -3.20. The monoisotopic (exact) mass is 361 g/mol. The van der Waals surface area contributed by atoms with Gasteiger partial charge in [-0.15, -0.1) is 0 Å². The van der Waals surface area contributed by atoms with Crippen molar-refractivity contribution < 1.29 is 22.7 Å². The zero-order chi connectivity index (χ0) is 18.4. The SMILES string of the molecule is Cc1ccc(NC(=O)COC(=O)c2cccc(CS(C)(=O)=O)c2)cc1. The molecule has 0 aliphatic carbocycles. The van der Waals surface area contributed by atoms with Gasteiger partial charge in [-0.3, -0.25) is 4.79 Å². The van der Waals surface area contributed by atoms with Crippen molar-refractivity contribution in [3.05, 3.63) is 65.2 Å². The average molecular weight is 361 g/mol. The predicted octanol–water partition coefficient (Wildman–Crippen LogP) is 2.34. The van der Waals surface area contributed by atoms with Crippen LogP contribution in [0.2, 0.25) is 0 Å². The maximum Gasteiger partial charge on any atom is 0.338 e. The number of ether oxygens (including phenoxy) is 1. The minimum Gasteiger partial charge on any atom is -0.452 e. The molecule has 1 N–H and O–H groups in total. The van der Waals surface area contributed by atoms with Crippen LogP contribution in [0.25, 0.3) is 0 Å². The second kappa shape index (κ2) is 7.94. The van der Waals surface area contributed by atoms with Crippen LogP contribution in [0.3, 0.4) is 0 Å². The molecule has 0 unspecified atom stereocenters. The third kappa shape index (κ3) is 6.39. The Morgan fingerprint density at radius 1 is 1.08 bits per heavy atom. The molecule has 132 valence electrons. The molecule has 1 amide bonds. The number of nitrogens with one attached hydrogen (secondary N) is 1. The summed E-state index contributed by atoms with van der Waals surface area (Å²) in [6, 6.07) is 13.4. The molecule has 2 aromatic carbocycles. The standard InChI is InChI=1S/C18H19NO5S/c1-13-6-8-16(9-7-13)19-17(20)11-24-18(21)15-5-3-4-14(10-15)12-25(2,22)23/h3-10H,11-12H2,1-2H3,(H,19,20). The molecule has 2 aromatic rings. The molecular formula is C18H19NO5S. The number of aryl methyl sites for hydroxylation is 1. The quantitative estimate of drug-likeness (QED) is 0.798. The Morgan fingerprint density at radius 3 is 2.40 bits per heavy atom. The molecule has 0 saturated heterocycles. The predicted molar refractivity (Wildman–Crippen MR) is 95.1 cm³/mol. The summed E-state index contributed by atoms with van der Waals surface area (Å²) in [6.45, 7) is 1.51. The van der Waals surface area contributed by atoms with Gasteiger partial charge in [0.25, 0.3) is 5.91 Å². The van der Waals surface area contributed by atoms with Crippen molar-refractivity contribution >= 4 is 27.4 Å². The Morgan fingerprint density at radius 2 is 1.76 bits per heavy atom. The average Bonchev–Trinajstić information content (AvgIpc) is 2.53. The van der Waals surface area contributed by atoms with Gasteiger partial charge < -0.3 is 10.1 Å². The highest BCUT2D eigenvalue weighted by Crippen LogP contribution is 2.11. The van der Waals surface area contributed by atoms with Crippen LogP contribution in [0.4, 0.5) is 5.69 Å². The highest BCUT2D eigenvalue weighted by Gasteiger charge is 2.12. The van der Waals surface area contributed by atoms with E-state index in [0.717, 1.165) is 11.8 Å². The van der Waals surface area contributed by atoms with Crippen LogP contribution < -0.4 is 5.32 Å². The summed E-state index contributed by atoms with van der Waals surface area (Å²) in [5, 5.41) is 2.62. The molecule has 0 atom stereocenters. The summed E-state index contributed by atoms with van der Waals surface area (Å²) in [6.07, 6.45) is 1.12. The molecule has 0 saturated carbocycles. The Hall–Kier alpha value is -2.67. The summed E-state index contributed by atoms with van der Waals surface area (Å²) < 4.78 is 27.6. The zero-order valence-electron chi connectivity index (χ0n) is 14.0. The minimum atomic E-state index is -3.20. The van der Waals surface area contributed by atoms with Gasteiger partial charge >= 0.3 is 5.97 Å². The first-order chi connectivity index (χ1) is 11.7. The first-order valence-electron chi connectivity index (χ1n) is 7.53. The van der Waals surface area contributed by atoms with Gasteiger partial charge in [-0.2, -0.15) is 0 Å². The molecule has 2 rings (SSSR count). The largest absolute Gasteiger partial charge is 0.452 e. The number of hydrogen-bond acceptors (Lipinski definition) is 5. The Balaban J connectivity index is 1.92. The van der Waals surface area contributed by atoms with E-state index in [9.17, 15) is 18.0 Å². The maximum absolute atomic E-state index is 12.0. The van der Waals surface area contributed by atoms with Crippen molar-refractivity contribution in [1.29, 1.82) is 0 Å². The van der Waals surface area contributed by atoms with E-state index in [4.69, 9.17) is 4.74 Å². The highest BCUT2D eigenvalue weighted by atomic mass is 32.2. The number of rotatable bonds is 6. The van der Waals surface area contributed by atoms with Crippen LogP contribution in [0.15, 0.2) is 48.5 Å². The van der Waals surface area contributed by atoms with Gasteiger partial charge in [-0.25, -0.2) is 13.2 Å². The van der Waals surface area contributed by atoms with Crippen LogP contribution in [-0.4, -0.2) is 33.2 Å². The van der Waals surface area contributed by atoms with Gasteiger partial charge in [-0.1, -0.05) is 29.8 Å². The molecule has 0 bridgehead atoms. The van der Waals surface area contributed by atoms with Crippen molar-refractivity contribution in [2.24, 2.45) is 0 Å². The van der Waals surface area contributed by atoms with Crippen molar-refractivity contribution in [3.8, 4) is 0 Å². The summed E-state index contributed by atoms with van der Waals surface area (Å²) >= 11 is 0. The number of carbonyl (C=O) groups is 2. The van der Waals surface area contributed by atoms with E-state index >= 15 is 0 Å². The Labute approximate surface area is 146 Å². The number of hydrogen-bond donors (Lipinski definition) is 1. The molecule has 0 heterocycles. The second-order valence-electron chi connectivity index (χ2n) is 5.76. The summed E-state index contributed by atoms with van der Waals surface area (Å²) in [5.74, 6) is -1.30. The summed E-state index contributed by atoms with van der Waals surface area (Å²) in [5.41, 5.74) is 2.37. The lowest BCUT2D eigenvalue weighted by molar-refractivity contribution is -0.119. The lowest BCUT2D eigenvalue weighted by Crippen LogP contribution is -2.21. The van der Waals surface area contributed by atoms with E-state index in [1.165, 1.54) is 12.1 Å². The normalized spacial score (nSPS) is 11.0. The Bertz CT molecular complexity index is 873. The molecule has 25 heavy (non-hydrogen) atoms. The summed E-state index contributed by atoms with van der Waals surface area (Å²) in [4.78, 5) is 23.8. The molecule has 0 aromatic heterocycles. The molecule has 0 spiro atoms. The second-order valence-corrected chi connectivity index (χ2v) is 7.90. The van der Waals surface area contributed by atoms with Crippen LogP contribution in [0.1, 0.15) is 21.5 Å². The number of esters is 1. The third-order valence-corrected chi connectivity index (χ3v) is 4.12.